The molecule has 184 valence electrons. The van der Waals surface area contributed by atoms with E-state index in [9.17, 15) is 18.0 Å². The molecular formula is C25H26F3N5O2. The maximum Gasteiger partial charge on any atom is 0.419 e. The van der Waals surface area contributed by atoms with Gasteiger partial charge in [-0.1, -0.05) is 0 Å². The molecule has 1 unspecified atom stereocenters. The third kappa shape index (κ3) is 4.78. The number of aromatic nitrogens is 1. The van der Waals surface area contributed by atoms with E-state index in [2.05, 4.69) is 15.2 Å². The first-order chi connectivity index (χ1) is 16.8. The highest BCUT2D eigenvalue weighted by atomic mass is 19.4. The van der Waals surface area contributed by atoms with Gasteiger partial charge in [-0.25, -0.2) is 4.98 Å². The van der Waals surface area contributed by atoms with E-state index in [1.54, 1.807) is 0 Å². The number of carbonyl (C=O) groups excluding carboxylic acids is 1. The fourth-order valence-corrected chi connectivity index (χ4v) is 5.45. The molecule has 35 heavy (non-hydrogen) atoms. The lowest BCUT2D eigenvalue weighted by molar-refractivity contribution is -0.138. The zero-order valence-electron chi connectivity index (χ0n) is 19.1. The fourth-order valence-electron chi connectivity index (χ4n) is 5.45. The Labute approximate surface area is 201 Å². The number of rotatable bonds is 4. The molecule has 2 aromatic rings. The average Bonchev–Trinajstić information content (AvgIpc) is 3.13. The highest BCUT2D eigenvalue weighted by molar-refractivity contribution is 5.95. The molecule has 4 heterocycles. The van der Waals surface area contributed by atoms with Gasteiger partial charge in [-0.05, 0) is 43.2 Å². The molecule has 1 aromatic heterocycles. The van der Waals surface area contributed by atoms with Crippen molar-refractivity contribution in [2.75, 3.05) is 31.1 Å². The van der Waals surface area contributed by atoms with Crippen LogP contribution >= 0.6 is 0 Å². The summed E-state index contributed by atoms with van der Waals surface area (Å²) in [4.78, 5) is 21.2. The Balaban J connectivity index is 1.25. The van der Waals surface area contributed by atoms with Gasteiger partial charge in [0, 0.05) is 62.4 Å². The van der Waals surface area contributed by atoms with Gasteiger partial charge in [-0.15, -0.1) is 0 Å². The second-order valence-corrected chi connectivity index (χ2v) is 9.27. The topological polar surface area (TPSA) is 81.5 Å². The quantitative estimate of drug-likeness (QED) is 0.713. The Morgan fingerprint density at radius 2 is 1.77 bits per heavy atom. The van der Waals surface area contributed by atoms with Crippen LogP contribution in [0.3, 0.4) is 0 Å². The summed E-state index contributed by atoms with van der Waals surface area (Å²) in [6.07, 6.45) is -1.07. The number of hydrogen-bond donors (Lipinski definition) is 1. The smallest absolute Gasteiger partial charge is 0.419 e. The number of amides is 1. The molecule has 1 N–H and O–H groups in total. The van der Waals surface area contributed by atoms with Crippen LogP contribution in [-0.4, -0.2) is 60.2 Å². The van der Waals surface area contributed by atoms with Gasteiger partial charge < -0.3 is 19.9 Å². The van der Waals surface area contributed by atoms with Crippen LogP contribution in [0.15, 0.2) is 36.5 Å². The largest absolute Gasteiger partial charge is 0.489 e. The van der Waals surface area contributed by atoms with Gasteiger partial charge in [0.25, 0.3) is 5.91 Å². The van der Waals surface area contributed by atoms with E-state index in [0.717, 1.165) is 57.0 Å². The number of nitrogens with zero attached hydrogens (tertiary/aromatic N) is 4. The summed E-state index contributed by atoms with van der Waals surface area (Å²) >= 11 is 0. The van der Waals surface area contributed by atoms with Crippen molar-refractivity contribution < 1.29 is 22.7 Å². The molecule has 0 saturated carbocycles. The molecule has 1 amide bonds. The van der Waals surface area contributed by atoms with Gasteiger partial charge in [-0.3, -0.25) is 4.79 Å². The van der Waals surface area contributed by atoms with Gasteiger partial charge >= 0.3 is 6.18 Å². The van der Waals surface area contributed by atoms with Crippen molar-refractivity contribution >= 4 is 11.6 Å². The highest BCUT2D eigenvalue weighted by Crippen LogP contribution is 2.39. The summed E-state index contributed by atoms with van der Waals surface area (Å²) in [5.41, 5.74) is -0.0238. The maximum absolute atomic E-state index is 13.3. The minimum atomic E-state index is -4.69. The monoisotopic (exact) mass is 485 g/mol. The van der Waals surface area contributed by atoms with Gasteiger partial charge in [-0.2, -0.15) is 18.4 Å². The molecule has 7 nitrogen and oxygen atoms in total. The predicted molar refractivity (Wildman–Crippen MR) is 122 cm³/mol. The number of benzene rings is 1. The number of nitrogens with one attached hydrogen (secondary N) is 1. The first kappa shape index (κ1) is 23.4. The van der Waals surface area contributed by atoms with Crippen molar-refractivity contribution in [3.05, 3.63) is 53.3 Å². The molecule has 3 aliphatic rings. The third-order valence-electron chi connectivity index (χ3n) is 7.10. The van der Waals surface area contributed by atoms with Crippen molar-refractivity contribution in [2.45, 2.75) is 50.0 Å². The van der Waals surface area contributed by atoms with Crippen LogP contribution < -0.4 is 15.0 Å². The summed E-state index contributed by atoms with van der Waals surface area (Å²) in [6.45, 7) is 3.75. The second kappa shape index (κ2) is 9.38. The summed E-state index contributed by atoms with van der Waals surface area (Å²) < 4.78 is 45.7. The Kier molecular flexibility index (Phi) is 6.28. The minimum Gasteiger partial charge on any atom is -0.489 e. The molecule has 10 heteroatoms. The third-order valence-corrected chi connectivity index (χ3v) is 7.10. The number of pyridine rings is 1. The van der Waals surface area contributed by atoms with Gasteiger partial charge in [0.2, 0.25) is 0 Å². The molecule has 5 rings (SSSR count). The summed E-state index contributed by atoms with van der Waals surface area (Å²) in [7, 11) is 0. The number of fused-ring (bicyclic) bond motifs is 2. The molecule has 3 fully saturated rings. The number of halogens is 3. The fraction of sp³-hybridized carbons (Fsp3) is 0.480. The van der Waals surface area contributed by atoms with Crippen LogP contribution in [0.25, 0.3) is 0 Å². The number of ether oxygens (including phenoxy) is 1. The van der Waals surface area contributed by atoms with Crippen molar-refractivity contribution in [1.82, 2.24) is 15.2 Å². The van der Waals surface area contributed by atoms with Crippen LogP contribution in [0.1, 0.15) is 47.3 Å². The van der Waals surface area contributed by atoms with E-state index in [-0.39, 0.29) is 29.8 Å². The Morgan fingerprint density at radius 3 is 2.37 bits per heavy atom. The number of hydrogen-bond acceptors (Lipinski definition) is 6. The zero-order chi connectivity index (χ0) is 24.6. The molecule has 2 bridgehead atoms. The highest BCUT2D eigenvalue weighted by Gasteiger charge is 2.44. The number of anilines is 1. The standard InChI is InChI=1S/C25H26F3N5O2/c26-25(27,28)22-13-21(15-31-23(22)14-29)35-20-11-18-5-6-19(12-20)33(18)24(34)16-1-3-17(4-2-16)32-9-7-30-8-10-32/h1-4,13,15,18-20,30H,5-12H2/t18-,19+,20?. The van der Waals surface area contributed by atoms with E-state index in [1.165, 1.54) is 6.07 Å². The molecule has 0 spiro atoms. The van der Waals surface area contributed by atoms with Gasteiger partial charge in [0.1, 0.15) is 17.9 Å². The lowest BCUT2D eigenvalue weighted by atomic mass is 9.98. The first-order valence-electron chi connectivity index (χ1n) is 11.9. The number of piperidine rings is 1. The SMILES string of the molecule is N#Cc1ncc(OC2C[C@H]3CC[C@@H](C2)N3C(=O)c2ccc(N3CCNCC3)cc2)cc1C(F)(F)F. The Morgan fingerprint density at radius 1 is 1.11 bits per heavy atom. The lowest BCUT2D eigenvalue weighted by Gasteiger charge is -2.39. The molecule has 3 atom stereocenters. The number of nitriles is 1. The summed E-state index contributed by atoms with van der Waals surface area (Å²) in [5.74, 6) is -0.0220. The van der Waals surface area contributed by atoms with E-state index < -0.39 is 17.4 Å². The summed E-state index contributed by atoms with van der Waals surface area (Å²) in [5, 5.41) is 12.3. The Bertz CT molecular complexity index is 1110. The molecule has 0 aliphatic carbocycles. The minimum absolute atomic E-state index is 0.0102. The van der Waals surface area contributed by atoms with Crippen LogP contribution in [0, 0.1) is 11.3 Å². The second-order valence-electron chi connectivity index (χ2n) is 9.27. The summed E-state index contributed by atoms with van der Waals surface area (Å²) in [6, 6.07) is 10.0. The number of carbonyl (C=O) groups is 1. The van der Waals surface area contributed by atoms with Crippen LogP contribution in [0.5, 0.6) is 5.75 Å². The van der Waals surface area contributed by atoms with Crippen molar-refractivity contribution in [3.63, 3.8) is 0 Å². The van der Waals surface area contributed by atoms with Crippen molar-refractivity contribution in [3.8, 4) is 11.8 Å². The van der Waals surface area contributed by atoms with E-state index in [4.69, 9.17) is 10.00 Å². The van der Waals surface area contributed by atoms with Crippen LogP contribution in [0.4, 0.5) is 18.9 Å². The molecule has 0 radical (unpaired) electrons. The molecular weight excluding hydrogens is 459 g/mol. The maximum atomic E-state index is 13.3. The lowest BCUT2D eigenvalue weighted by Crippen LogP contribution is -2.49. The normalized spacial score (nSPS) is 24.2. The van der Waals surface area contributed by atoms with Crippen LogP contribution in [-0.2, 0) is 6.18 Å². The van der Waals surface area contributed by atoms with E-state index in [1.807, 2.05) is 29.2 Å². The molecule has 3 aliphatic heterocycles. The van der Waals surface area contributed by atoms with Crippen molar-refractivity contribution in [2.24, 2.45) is 0 Å². The van der Waals surface area contributed by atoms with Gasteiger partial charge in [0.15, 0.2) is 5.69 Å². The number of alkyl halides is 3. The van der Waals surface area contributed by atoms with Crippen LogP contribution in [0.2, 0.25) is 0 Å². The average molecular weight is 486 g/mol. The van der Waals surface area contributed by atoms with Gasteiger partial charge in [0.05, 0.1) is 11.8 Å². The first-order valence-corrected chi connectivity index (χ1v) is 11.9. The van der Waals surface area contributed by atoms with Crippen molar-refractivity contribution in [1.29, 1.82) is 5.26 Å². The van der Waals surface area contributed by atoms with E-state index >= 15 is 0 Å². The number of piperazine rings is 1. The predicted octanol–water partition coefficient (Wildman–Crippen LogP) is 3.60. The van der Waals surface area contributed by atoms with E-state index in [0.29, 0.717) is 18.4 Å². The molecule has 3 saturated heterocycles. The zero-order valence-corrected chi connectivity index (χ0v) is 19.1. The Hall–Kier alpha value is -3.32. The molecule has 1 aromatic carbocycles.